The molecule has 0 amide bonds. The Balaban J connectivity index is 1.66. The van der Waals surface area contributed by atoms with Crippen molar-refractivity contribution in [2.24, 2.45) is 0 Å². The number of hydrogen-bond acceptors (Lipinski definition) is 8. The Morgan fingerprint density at radius 2 is 1.79 bits per heavy atom. The number of nitrogen functional groups attached to an aromatic ring is 1. The minimum Gasteiger partial charge on any atom is -0.494 e. The molecule has 12 heteroatoms. The van der Waals surface area contributed by atoms with Gasteiger partial charge in [0, 0.05) is 44.0 Å². The van der Waals surface area contributed by atoms with E-state index in [0.717, 1.165) is 18.8 Å². The third kappa shape index (κ3) is 6.00. The SMILES string of the molecule is COc1cc(N(C)CCN(C)C)c(N)cc1Nc1nccc(-c2ccc3nc(C(F)(F)F)n(C(C)C)c3c2)n1. The molecule has 9 nitrogen and oxygen atoms in total. The highest BCUT2D eigenvalue weighted by molar-refractivity contribution is 5.83. The molecular weight excluding hydrogens is 509 g/mol. The fourth-order valence-corrected chi connectivity index (χ4v) is 4.33. The first kappa shape index (κ1) is 28.0. The predicted octanol–water partition coefficient (Wildman–Crippen LogP) is 5.43. The number of ether oxygens (including phenoxy) is 1. The Bertz CT molecular complexity index is 1470. The van der Waals surface area contributed by atoms with Gasteiger partial charge in [-0.3, -0.25) is 0 Å². The van der Waals surface area contributed by atoms with E-state index in [1.54, 1.807) is 57.5 Å². The van der Waals surface area contributed by atoms with Crippen LogP contribution in [0.3, 0.4) is 0 Å². The minimum absolute atomic E-state index is 0.267. The molecule has 4 aromatic rings. The van der Waals surface area contributed by atoms with Crippen LogP contribution in [0.2, 0.25) is 0 Å². The van der Waals surface area contributed by atoms with Crippen LogP contribution in [-0.4, -0.2) is 65.8 Å². The van der Waals surface area contributed by atoms with Gasteiger partial charge in [0.15, 0.2) is 0 Å². The van der Waals surface area contributed by atoms with E-state index in [-0.39, 0.29) is 11.5 Å². The molecule has 4 rings (SSSR count). The zero-order valence-corrected chi connectivity index (χ0v) is 22.8. The maximum Gasteiger partial charge on any atom is 0.449 e. The van der Waals surface area contributed by atoms with Gasteiger partial charge in [-0.2, -0.15) is 13.2 Å². The number of methoxy groups -OCH3 is 1. The number of anilines is 4. The van der Waals surface area contributed by atoms with Gasteiger partial charge in [-0.15, -0.1) is 0 Å². The largest absolute Gasteiger partial charge is 0.494 e. The van der Waals surface area contributed by atoms with Crippen molar-refractivity contribution in [3.8, 4) is 17.0 Å². The first-order chi connectivity index (χ1) is 18.4. The van der Waals surface area contributed by atoms with Gasteiger partial charge in [-0.05, 0) is 52.2 Å². The summed E-state index contributed by atoms with van der Waals surface area (Å²) in [7, 11) is 7.55. The van der Waals surface area contributed by atoms with Crippen LogP contribution in [-0.2, 0) is 6.18 Å². The molecular formula is C27H33F3N8O. The molecule has 0 aliphatic rings. The number of likely N-dealkylation sites (N-methyl/N-ethyl adjacent to an activating group) is 2. The number of alkyl halides is 3. The van der Waals surface area contributed by atoms with Crippen LogP contribution in [0.25, 0.3) is 22.3 Å². The van der Waals surface area contributed by atoms with E-state index in [9.17, 15) is 13.2 Å². The van der Waals surface area contributed by atoms with E-state index in [0.29, 0.717) is 33.9 Å². The summed E-state index contributed by atoms with van der Waals surface area (Å²) < 4.78 is 47.7. The van der Waals surface area contributed by atoms with Crippen LogP contribution in [0.15, 0.2) is 42.6 Å². The monoisotopic (exact) mass is 542 g/mol. The average molecular weight is 543 g/mol. The molecule has 0 atom stereocenters. The van der Waals surface area contributed by atoms with Crippen LogP contribution >= 0.6 is 0 Å². The van der Waals surface area contributed by atoms with Crippen molar-refractivity contribution >= 4 is 34.0 Å². The lowest BCUT2D eigenvalue weighted by atomic mass is 10.1. The Labute approximate surface area is 225 Å². The number of rotatable bonds is 9. The number of fused-ring (bicyclic) bond motifs is 1. The van der Waals surface area contributed by atoms with Crippen molar-refractivity contribution in [1.82, 2.24) is 24.4 Å². The van der Waals surface area contributed by atoms with Crippen LogP contribution in [0.5, 0.6) is 5.75 Å². The second-order valence-electron chi connectivity index (χ2n) is 9.83. The molecule has 3 N–H and O–H groups in total. The topological polar surface area (TPSA) is 97.4 Å². The van der Waals surface area contributed by atoms with Crippen molar-refractivity contribution in [3.63, 3.8) is 0 Å². The summed E-state index contributed by atoms with van der Waals surface area (Å²) in [4.78, 5) is 16.9. The molecule has 0 unspecified atom stereocenters. The average Bonchev–Trinajstić information content (AvgIpc) is 3.27. The van der Waals surface area contributed by atoms with E-state index in [1.165, 1.54) is 4.57 Å². The van der Waals surface area contributed by atoms with E-state index < -0.39 is 18.0 Å². The molecule has 0 saturated carbocycles. The van der Waals surface area contributed by atoms with E-state index in [4.69, 9.17) is 10.5 Å². The zero-order chi connectivity index (χ0) is 28.5. The van der Waals surface area contributed by atoms with E-state index >= 15 is 0 Å². The molecule has 0 fully saturated rings. The maximum atomic E-state index is 13.6. The molecule has 0 saturated heterocycles. The predicted molar refractivity (Wildman–Crippen MR) is 149 cm³/mol. The van der Waals surface area contributed by atoms with Crippen molar-refractivity contribution in [2.75, 3.05) is 57.3 Å². The first-order valence-corrected chi connectivity index (χ1v) is 12.4. The summed E-state index contributed by atoms with van der Waals surface area (Å²) >= 11 is 0. The zero-order valence-electron chi connectivity index (χ0n) is 22.8. The van der Waals surface area contributed by atoms with Crippen molar-refractivity contribution < 1.29 is 17.9 Å². The molecule has 0 spiro atoms. The molecule has 0 bridgehead atoms. The van der Waals surface area contributed by atoms with Gasteiger partial charge in [0.05, 0.1) is 40.9 Å². The second-order valence-corrected chi connectivity index (χ2v) is 9.83. The van der Waals surface area contributed by atoms with E-state index in [2.05, 4.69) is 30.1 Å². The van der Waals surface area contributed by atoms with Crippen molar-refractivity contribution in [2.45, 2.75) is 26.1 Å². The van der Waals surface area contributed by atoms with Crippen LogP contribution in [0.1, 0.15) is 25.7 Å². The van der Waals surface area contributed by atoms with Gasteiger partial charge in [0.25, 0.3) is 0 Å². The number of halogens is 3. The molecule has 0 radical (unpaired) electrons. The number of hydrogen-bond donors (Lipinski definition) is 2. The summed E-state index contributed by atoms with van der Waals surface area (Å²) in [6, 6.07) is 9.82. The first-order valence-electron chi connectivity index (χ1n) is 12.4. The molecule has 208 valence electrons. The van der Waals surface area contributed by atoms with Gasteiger partial charge in [0.1, 0.15) is 5.75 Å². The third-order valence-electron chi connectivity index (χ3n) is 6.30. The lowest BCUT2D eigenvalue weighted by molar-refractivity contribution is -0.147. The summed E-state index contributed by atoms with van der Waals surface area (Å²) in [5, 5.41) is 3.16. The fourth-order valence-electron chi connectivity index (χ4n) is 4.33. The van der Waals surface area contributed by atoms with Crippen LogP contribution in [0.4, 0.5) is 36.2 Å². The highest BCUT2D eigenvalue weighted by atomic mass is 19.4. The van der Waals surface area contributed by atoms with Crippen molar-refractivity contribution in [1.29, 1.82) is 0 Å². The lowest BCUT2D eigenvalue weighted by Crippen LogP contribution is -2.29. The molecule has 39 heavy (non-hydrogen) atoms. The van der Waals surface area contributed by atoms with Crippen LogP contribution in [0, 0.1) is 0 Å². The fraction of sp³-hybridized carbons (Fsp3) is 0.370. The number of imidazole rings is 1. The second kappa shape index (κ2) is 11.0. The maximum absolute atomic E-state index is 13.6. The van der Waals surface area contributed by atoms with Gasteiger partial charge < -0.3 is 30.2 Å². The standard InChI is InChI=1S/C27H33F3N8O/c1-16(2)38-23-13-17(7-8-20(23)33-25(38)27(28,29)30)19-9-10-32-26(34-19)35-21-14-18(31)22(15-24(21)39-6)37(5)12-11-36(3)4/h7-10,13-16H,11-12,31H2,1-6H3,(H,32,34,35). The number of aromatic nitrogens is 4. The number of nitrogens with two attached hydrogens (primary N) is 1. The van der Waals surface area contributed by atoms with E-state index in [1.807, 2.05) is 27.2 Å². The minimum atomic E-state index is -4.56. The van der Waals surface area contributed by atoms with Gasteiger partial charge in [0.2, 0.25) is 11.8 Å². The van der Waals surface area contributed by atoms with Crippen LogP contribution < -0.4 is 20.7 Å². The van der Waals surface area contributed by atoms with Crippen molar-refractivity contribution in [3.05, 3.63) is 48.4 Å². The Kier molecular flexibility index (Phi) is 7.86. The number of benzene rings is 2. The summed E-state index contributed by atoms with van der Waals surface area (Å²) in [6.45, 7) is 5.03. The molecule has 0 aliphatic carbocycles. The number of nitrogens with zero attached hydrogens (tertiary/aromatic N) is 6. The molecule has 0 aliphatic heterocycles. The van der Waals surface area contributed by atoms with Gasteiger partial charge >= 0.3 is 6.18 Å². The highest BCUT2D eigenvalue weighted by Gasteiger charge is 2.38. The lowest BCUT2D eigenvalue weighted by Gasteiger charge is -2.24. The van der Waals surface area contributed by atoms with Gasteiger partial charge in [-0.25, -0.2) is 15.0 Å². The highest BCUT2D eigenvalue weighted by Crippen LogP contribution is 2.37. The Morgan fingerprint density at radius 1 is 1.05 bits per heavy atom. The van der Waals surface area contributed by atoms with Gasteiger partial charge in [-0.1, -0.05) is 6.07 Å². The molecule has 2 aromatic carbocycles. The summed E-state index contributed by atoms with van der Waals surface area (Å²) in [6.07, 6.45) is -2.98. The summed E-state index contributed by atoms with van der Waals surface area (Å²) in [5.41, 5.74) is 10.2. The third-order valence-corrected chi connectivity index (χ3v) is 6.30. The summed E-state index contributed by atoms with van der Waals surface area (Å²) in [5.74, 6) is -0.0746. The molecule has 2 aromatic heterocycles. The Hall–Kier alpha value is -4.06. The Morgan fingerprint density at radius 3 is 2.44 bits per heavy atom. The quantitative estimate of drug-likeness (QED) is 0.271. The normalized spacial score (nSPS) is 12.0. The molecule has 2 heterocycles. The smallest absolute Gasteiger partial charge is 0.449 e. The number of nitrogens with one attached hydrogen (secondary N) is 1.